The van der Waals surface area contributed by atoms with Crippen molar-refractivity contribution in [2.75, 3.05) is 13.2 Å². The van der Waals surface area contributed by atoms with Crippen molar-refractivity contribution >= 4 is 6.09 Å². The Labute approximate surface area is 120 Å². The van der Waals surface area contributed by atoms with Crippen LogP contribution in [0.3, 0.4) is 0 Å². The van der Waals surface area contributed by atoms with Crippen LogP contribution in [0.1, 0.15) is 44.6 Å². The van der Waals surface area contributed by atoms with Crippen LogP contribution in [-0.4, -0.2) is 34.3 Å². The van der Waals surface area contributed by atoms with E-state index in [0.717, 1.165) is 18.5 Å². The first-order valence-electron chi connectivity index (χ1n) is 7.44. The Morgan fingerprint density at radius 3 is 2.75 bits per heavy atom. The van der Waals surface area contributed by atoms with E-state index in [1.54, 1.807) is 4.90 Å². The molecule has 0 aliphatic carbocycles. The molecule has 0 unspecified atom stereocenters. The minimum absolute atomic E-state index is 0.207. The Kier molecular flexibility index (Phi) is 4.68. The number of carbonyl (C=O) groups excluding carboxylic acids is 1. The molecule has 1 amide bonds. The SMILES string of the molecule is CC(C)COC(=O)N1CCc2[nH]nc(CC(C)C)c2C1. The van der Waals surface area contributed by atoms with Gasteiger partial charge in [0.25, 0.3) is 0 Å². The predicted octanol–water partition coefficient (Wildman–Crippen LogP) is 2.76. The highest BCUT2D eigenvalue weighted by Crippen LogP contribution is 2.22. The predicted molar refractivity (Wildman–Crippen MR) is 77.4 cm³/mol. The molecular formula is C15H25N3O2. The van der Waals surface area contributed by atoms with Gasteiger partial charge in [0, 0.05) is 24.2 Å². The molecule has 0 aromatic carbocycles. The molecule has 0 atom stereocenters. The summed E-state index contributed by atoms with van der Waals surface area (Å²) in [4.78, 5) is 13.8. The lowest BCUT2D eigenvalue weighted by molar-refractivity contribution is 0.0877. The minimum atomic E-state index is -0.207. The van der Waals surface area contributed by atoms with E-state index in [2.05, 4.69) is 24.0 Å². The number of aromatic amines is 1. The van der Waals surface area contributed by atoms with Crippen molar-refractivity contribution in [2.45, 2.75) is 47.1 Å². The molecule has 0 radical (unpaired) electrons. The highest BCUT2D eigenvalue weighted by atomic mass is 16.6. The van der Waals surface area contributed by atoms with Gasteiger partial charge in [-0.3, -0.25) is 5.10 Å². The zero-order valence-corrected chi connectivity index (χ0v) is 12.9. The summed E-state index contributed by atoms with van der Waals surface area (Å²) in [7, 11) is 0. The normalized spacial score (nSPS) is 14.8. The Hall–Kier alpha value is -1.52. The molecule has 20 heavy (non-hydrogen) atoms. The summed E-state index contributed by atoms with van der Waals surface area (Å²) in [6.07, 6.45) is 1.57. The molecule has 0 saturated carbocycles. The third kappa shape index (κ3) is 3.52. The number of carbonyl (C=O) groups is 1. The Bertz CT molecular complexity index is 466. The van der Waals surface area contributed by atoms with Crippen molar-refractivity contribution in [3.05, 3.63) is 17.0 Å². The van der Waals surface area contributed by atoms with Crippen LogP contribution >= 0.6 is 0 Å². The van der Waals surface area contributed by atoms with Crippen LogP contribution in [-0.2, 0) is 24.1 Å². The summed E-state index contributed by atoms with van der Waals surface area (Å²) in [5, 5.41) is 7.51. The standard InChI is InChI=1S/C15H25N3O2/c1-10(2)7-14-12-8-18(6-5-13(12)16-17-14)15(19)20-9-11(3)4/h10-11H,5-9H2,1-4H3,(H,16,17). The van der Waals surface area contributed by atoms with Crippen LogP contribution < -0.4 is 0 Å². The Balaban J connectivity index is 2.02. The summed E-state index contributed by atoms with van der Waals surface area (Å²) < 4.78 is 5.31. The first kappa shape index (κ1) is 14.9. The van der Waals surface area contributed by atoms with Gasteiger partial charge in [-0.15, -0.1) is 0 Å². The highest BCUT2D eigenvalue weighted by Gasteiger charge is 2.26. The van der Waals surface area contributed by atoms with Crippen LogP contribution in [0.5, 0.6) is 0 Å². The molecule has 0 saturated heterocycles. The van der Waals surface area contributed by atoms with Crippen molar-refractivity contribution in [3.8, 4) is 0 Å². The highest BCUT2D eigenvalue weighted by molar-refractivity contribution is 5.68. The van der Waals surface area contributed by atoms with E-state index in [9.17, 15) is 4.79 Å². The van der Waals surface area contributed by atoms with Gasteiger partial charge in [-0.2, -0.15) is 5.10 Å². The monoisotopic (exact) mass is 279 g/mol. The van der Waals surface area contributed by atoms with Gasteiger partial charge in [0.1, 0.15) is 0 Å². The number of hydrogen-bond donors (Lipinski definition) is 1. The first-order valence-corrected chi connectivity index (χ1v) is 7.44. The molecule has 1 aliphatic heterocycles. The van der Waals surface area contributed by atoms with Gasteiger partial charge >= 0.3 is 6.09 Å². The van der Waals surface area contributed by atoms with E-state index in [-0.39, 0.29) is 6.09 Å². The molecule has 0 bridgehead atoms. The zero-order valence-electron chi connectivity index (χ0n) is 12.9. The van der Waals surface area contributed by atoms with Gasteiger partial charge in [0.05, 0.1) is 18.8 Å². The molecule has 1 N–H and O–H groups in total. The minimum Gasteiger partial charge on any atom is -0.449 e. The third-order valence-electron chi connectivity index (χ3n) is 3.42. The van der Waals surface area contributed by atoms with Gasteiger partial charge in [-0.05, 0) is 18.3 Å². The molecule has 1 aliphatic rings. The average molecular weight is 279 g/mol. The van der Waals surface area contributed by atoms with Gasteiger partial charge in [-0.25, -0.2) is 4.79 Å². The van der Waals surface area contributed by atoms with Crippen LogP contribution in [0.25, 0.3) is 0 Å². The maximum atomic E-state index is 12.0. The number of nitrogens with one attached hydrogen (secondary N) is 1. The molecule has 0 spiro atoms. The molecule has 112 valence electrons. The number of amides is 1. The van der Waals surface area contributed by atoms with E-state index in [4.69, 9.17) is 4.74 Å². The molecule has 0 fully saturated rings. The van der Waals surface area contributed by atoms with E-state index in [1.807, 2.05) is 13.8 Å². The van der Waals surface area contributed by atoms with Crippen LogP contribution in [0, 0.1) is 11.8 Å². The first-order chi connectivity index (χ1) is 9.47. The van der Waals surface area contributed by atoms with Crippen LogP contribution in [0.4, 0.5) is 4.79 Å². The number of fused-ring (bicyclic) bond motifs is 1. The lowest BCUT2D eigenvalue weighted by Crippen LogP contribution is -2.37. The maximum Gasteiger partial charge on any atom is 0.410 e. The summed E-state index contributed by atoms with van der Waals surface area (Å²) in [6, 6.07) is 0. The summed E-state index contributed by atoms with van der Waals surface area (Å²) in [5.74, 6) is 0.926. The molecule has 1 aromatic rings. The maximum absolute atomic E-state index is 12.0. The second kappa shape index (κ2) is 6.29. The molecule has 2 heterocycles. The largest absolute Gasteiger partial charge is 0.449 e. The number of nitrogens with zero attached hydrogens (tertiary/aromatic N) is 2. The molecule has 5 heteroatoms. The fourth-order valence-corrected chi connectivity index (χ4v) is 2.39. The second-order valence-electron chi connectivity index (χ2n) is 6.37. The smallest absolute Gasteiger partial charge is 0.410 e. The zero-order chi connectivity index (χ0) is 14.7. The van der Waals surface area contributed by atoms with Gasteiger partial charge in [0.2, 0.25) is 0 Å². The lowest BCUT2D eigenvalue weighted by Gasteiger charge is -2.27. The van der Waals surface area contributed by atoms with Gasteiger partial charge in [-0.1, -0.05) is 27.7 Å². The molecule has 2 rings (SSSR count). The van der Waals surface area contributed by atoms with Gasteiger partial charge in [0.15, 0.2) is 0 Å². The summed E-state index contributed by atoms with van der Waals surface area (Å²) in [5.41, 5.74) is 3.45. The third-order valence-corrected chi connectivity index (χ3v) is 3.42. The van der Waals surface area contributed by atoms with Crippen molar-refractivity contribution in [3.63, 3.8) is 0 Å². The number of H-pyrrole nitrogens is 1. The van der Waals surface area contributed by atoms with E-state index in [0.29, 0.717) is 31.5 Å². The van der Waals surface area contributed by atoms with E-state index >= 15 is 0 Å². The molecule has 1 aromatic heterocycles. The van der Waals surface area contributed by atoms with Crippen molar-refractivity contribution in [1.82, 2.24) is 15.1 Å². The van der Waals surface area contributed by atoms with E-state index in [1.165, 1.54) is 11.3 Å². The van der Waals surface area contributed by atoms with Crippen molar-refractivity contribution in [2.24, 2.45) is 11.8 Å². The quantitative estimate of drug-likeness (QED) is 0.922. The average Bonchev–Trinajstić information content (AvgIpc) is 2.77. The lowest BCUT2D eigenvalue weighted by atomic mass is 10.00. The number of hydrogen-bond acceptors (Lipinski definition) is 3. The topological polar surface area (TPSA) is 58.2 Å². The number of ether oxygens (including phenoxy) is 1. The van der Waals surface area contributed by atoms with Gasteiger partial charge < -0.3 is 9.64 Å². The van der Waals surface area contributed by atoms with Crippen molar-refractivity contribution in [1.29, 1.82) is 0 Å². The number of aromatic nitrogens is 2. The van der Waals surface area contributed by atoms with Crippen molar-refractivity contribution < 1.29 is 9.53 Å². The van der Waals surface area contributed by atoms with E-state index < -0.39 is 0 Å². The fourth-order valence-electron chi connectivity index (χ4n) is 2.39. The Morgan fingerprint density at radius 2 is 2.10 bits per heavy atom. The summed E-state index contributed by atoms with van der Waals surface area (Å²) >= 11 is 0. The van der Waals surface area contributed by atoms with Crippen LogP contribution in [0.15, 0.2) is 0 Å². The molecular weight excluding hydrogens is 254 g/mol. The van der Waals surface area contributed by atoms with Crippen LogP contribution in [0.2, 0.25) is 0 Å². The number of rotatable bonds is 4. The fraction of sp³-hybridized carbons (Fsp3) is 0.733. The second-order valence-corrected chi connectivity index (χ2v) is 6.37. The molecule has 5 nitrogen and oxygen atoms in total. The summed E-state index contributed by atoms with van der Waals surface area (Å²) in [6.45, 7) is 10.2. The Morgan fingerprint density at radius 1 is 1.35 bits per heavy atom.